The molecule has 0 aromatic carbocycles. The van der Waals surface area contributed by atoms with Crippen LogP contribution in [0.3, 0.4) is 0 Å². The van der Waals surface area contributed by atoms with Gasteiger partial charge in [-0.05, 0) is 116 Å². The van der Waals surface area contributed by atoms with E-state index in [-0.39, 0.29) is 52.0 Å². The van der Waals surface area contributed by atoms with Gasteiger partial charge in [-0.25, -0.2) is 0 Å². The van der Waals surface area contributed by atoms with Crippen LogP contribution in [0.1, 0.15) is 220 Å². The van der Waals surface area contributed by atoms with Crippen molar-refractivity contribution < 1.29 is 38.5 Å². The van der Waals surface area contributed by atoms with Gasteiger partial charge >= 0.3 is 23.9 Å². The minimum atomic E-state index is -1.29. The number of ether oxygens (including phenoxy) is 3. The highest BCUT2D eigenvalue weighted by molar-refractivity contribution is 5.70. The molecular formula is C61H99NO8. The number of carbonyl (C=O) groups is 4. The van der Waals surface area contributed by atoms with Crippen molar-refractivity contribution in [1.82, 2.24) is 5.32 Å². The average molecular weight is 974 g/mol. The van der Waals surface area contributed by atoms with Gasteiger partial charge in [0, 0.05) is 25.8 Å². The van der Waals surface area contributed by atoms with E-state index in [0.717, 1.165) is 154 Å². The van der Waals surface area contributed by atoms with Gasteiger partial charge in [0.05, 0.1) is 6.42 Å². The van der Waals surface area contributed by atoms with Crippen molar-refractivity contribution in [3.05, 3.63) is 109 Å². The summed E-state index contributed by atoms with van der Waals surface area (Å²) in [7, 11) is 0. The van der Waals surface area contributed by atoms with E-state index in [1.54, 1.807) is 0 Å². The molecule has 0 radical (unpaired) electrons. The molecule has 0 aliphatic carbocycles. The number of rotatable bonds is 49. The Hall–Kier alpha value is -4.50. The fraction of sp³-hybridized carbons (Fsp3) is 0.639. The van der Waals surface area contributed by atoms with E-state index in [2.05, 4.69) is 135 Å². The lowest BCUT2D eigenvalue weighted by molar-refractivity contribution is -0.157. The first kappa shape index (κ1) is 65.5. The smallest absolute Gasteiger partial charge is 0.305 e. The summed E-state index contributed by atoms with van der Waals surface area (Å²) in [5, 5.41) is 12.6. The van der Waals surface area contributed by atoms with E-state index in [1.165, 1.54) is 0 Å². The lowest BCUT2D eigenvalue weighted by Gasteiger charge is -2.33. The molecule has 0 heterocycles. The molecule has 0 bridgehead atoms. The molecule has 0 saturated carbocycles. The Labute approximate surface area is 427 Å². The largest absolute Gasteiger partial charge is 0.481 e. The maximum absolute atomic E-state index is 13.0. The molecule has 70 heavy (non-hydrogen) atoms. The van der Waals surface area contributed by atoms with Gasteiger partial charge < -0.3 is 24.6 Å². The molecule has 0 rings (SSSR count). The number of carbonyl (C=O) groups excluding carboxylic acids is 3. The van der Waals surface area contributed by atoms with Crippen LogP contribution in [-0.2, 0) is 33.4 Å². The van der Waals surface area contributed by atoms with Crippen LogP contribution < -0.4 is 5.32 Å². The molecule has 9 nitrogen and oxygen atoms in total. The highest BCUT2D eigenvalue weighted by atomic mass is 16.6. The van der Waals surface area contributed by atoms with Gasteiger partial charge in [0.2, 0.25) is 0 Å². The second-order valence-electron chi connectivity index (χ2n) is 18.1. The van der Waals surface area contributed by atoms with Crippen LogP contribution in [-0.4, -0.2) is 60.9 Å². The first-order valence-corrected chi connectivity index (χ1v) is 27.6. The molecule has 0 aliphatic rings. The Morgan fingerprint density at radius 3 is 0.900 bits per heavy atom. The number of unbranched alkanes of at least 4 members (excludes halogenated alkanes) is 15. The summed E-state index contributed by atoms with van der Waals surface area (Å²) >= 11 is 0. The summed E-state index contributed by atoms with van der Waals surface area (Å²) in [5.74, 6) is -2.19. The van der Waals surface area contributed by atoms with E-state index in [4.69, 9.17) is 14.2 Å². The molecule has 0 aromatic heterocycles. The lowest BCUT2D eigenvalue weighted by atomic mass is 10.0. The molecule has 0 saturated heterocycles. The minimum absolute atomic E-state index is 0.00951. The summed E-state index contributed by atoms with van der Waals surface area (Å²) in [6, 6.07) is 0. The third-order valence-electron chi connectivity index (χ3n) is 11.5. The number of aliphatic carboxylic acids is 1. The van der Waals surface area contributed by atoms with Gasteiger partial charge in [-0.2, -0.15) is 0 Å². The monoisotopic (exact) mass is 974 g/mol. The zero-order chi connectivity index (χ0) is 51.1. The highest BCUT2D eigenvalue weighted by Gasteiger charge is 2.35. The second kappa shape index (κ2) is 52.3. The third kappa shape index (κ3) is 48.5. The van der Waals surface area contributed by atoms with Crippen molar-refractivity contribution in [2.75, 3.05) is 26.4 Å². The molecule has 0 aromatic rings. The Morgan fingerprint density at radius 1 is 0.357 bits per heavy atom. The SMILES string of the molecule is CC/C=C\C/C=C\C/C=C\CCCCCCCC(=O)OCC(COC(=O)CCCCCCC/C=C\C/C=C\C/C=C\CC)(COC(=O)CCCCCCC/C=C\C/C=C\C/C=C/CC)NCCC(=O)O. The standard InChI is InChI=1S/C61H99NO8/c1-4-7-10-13-16-19-22-25-28-31-34-37-40-43-46-49-58(65)68-54-61(62-53-52-57(63)64,55-69-59(66)50-47-44-41-38-35-32-29-26-23-20-17-14-11-8-5-2)56-70-60(67)51-48-45-42-39-36-33-30-27-24-21-18-15-12-9-6-3/h7-12,16-21,25-30,62H,4-6,13-15,22-24,31-56H2,1-3H3,(H,63,64)/b10-7-,11-8-,12-9+,19-16-,20-17-,21-18-,28-25-,29-26-,30-27-. The molecule has 0 amide bonds. The molecule has 0 fully saturated rings. The maximum Gasteiger partial charge on any atom is 0.305 e. The quantitative estimate of drug-likeness (QED) is 0.0265. The topological polar surface area (TPSA) is 128 Å². The number of hydrogen-bond acceptors (Lipinski definition) is 8. The van der Waals surface area contributed by atoms with Crippen molar-refractivity contribution in [3.63, 3.8) is 0 Å². The highest BCUT2D eigenvalue weighted by Crippen LogP contribution is 2.16. The Kier molecular flexibility index (Phi) is 49.0. The molecule has 9 heteroatoms. The Balaban J connectivity index is 5.10. The van der Waals surface area contributed by atoms with Crippen LogP contribution in [0.2, 0.25) is 0 Å². The van der Waals surface area contributed by atoms with Crippen molar-refractivity contribution in [1.29, 1.82) is 0 Å². The fourth-order valence-corrected chi connectivity index (χ4v) is 7.25. The van der Waals surface area contributed by atoms with Crippen LogP contribution in [0.15, 0.2) is 109 Å². The van der Waals surface area contributed by atoms with Gasteiger partial charge in [0.15, 0.2) is 0 Å². The van der Waals surface area contributed by atoms with Crippen molar-refractivity contribution in [2.45, 2.75) is 225 Å². The van der Waals surface area contributed by atoms with E-state index in [9.17, 15) is 24.3 Å². The van der Waals surface area contributed by atoms with Crippen molar-refractivity contribution in [3.8, 4) is 0 Å². The molecule has 396 valence electrons. The average Bonchev–Trinajstić information content (AvgIpc) is 3.35. The van der Waals surface area contributed by atoms with Crippen LogP contribution in [0, 0.1) is 0 Å². The van der Waals surface area contributed by atoms with Gasteiger partial charge in [-0.3, -0.25) is 19.2 Å². The summed E-state index contributed by atoms with van der Waals surface area (Å²) in [6.45, 7) is 5.73. The fourth-order valence-electron chi connectivity index (χ4n) is 7.25. The van der Waals surface area contributed by atoms with Gasteiger partial charge in [0.25, 0.3) is 0 Å². The summed E-state index contributed by atoms with van der Waals surface area (Å²) in [6.07, 6.45) is 66.7. The van der Waals surface area contributed by atoms with Crippen molar-refractivity contribution in [2.24, 2.45) is 0 Å². The molecular weight excluding hydrogens is 875 g/mol. The number of hydrogen-bond donors (Lipinski definition) is 2. The first-order valence-electron chi connectivity index (χ1n) is 27.6. The van der Waals surface area contributed by atoms with E-state index in [0.29, 0.717) is 19.3 Å². The van der Waals surface area contributed by atoms with Gasteiger partial charge in [-0.15, -0.1) is 0 Å². The predicted octanol–water partition coefficient (Wildman–Crippen LogP) is 16.2. The number of carboxylic acids is 1. The summed E-state index contributed by atoms with van der Waals surface area (Å²) < 4.78 is 17.3. The van der Waals surface area contributed by atoms with Crippen LogP contribution in [0.5, 0.6) is 0 Å². The first-order chi connectivity index (χ1) is 34.3. The predicted molar refractivity (Wildman–Crippen MR) is 294 cm³/mol. The molecule has 0 spiro atoms. The molecule has 0 atom stereocenters. The van der Waals surface area contributed by atoms with E-state index in [1.807, 2.05) is 0 Å². The molecule has 0 aliphatic heterocycles. The maximum atomic E-state index is 13.0. The third-order valence-corrected chi connectivity index (χ3v) is 11.5. The van der Waals surface area contributed by atoms with E-state index >= 15 is 0 Å². The van der Waals surface area contributed by atoms with Crippen LogP contribution >= 0.6 is 0 Å². The van der Waals surface area contributed by atoms with Crippen molar-refractivity contribution >= 4 is 23.9 Å². The molecule has 2 N–H and O–H groups in total. The summed E-state index contributed by atoms with van der Waals surface area (Å²) in [4.78, 5) is 50.6. The minimum Gasteiger partial charge on any atom is -0.481 e. The van der Waals surface area contributed by atoms with Crippen LogP contribution in [0.4, 0.5) is 0 Å². The second-order valence-corrected chi connectivity index (χ2v) is 18.1. The zero-order valence-electron chi connectivity index (χ0n) is 44.4. The molecule has 0 unspecified atom stereocenters. The van der Waals surface area contributed by atoms with Crippen LogP contribution in [0.25, 0.3) is 0 Å². The van der Waals surface area contributed by atoms with E-state index < -0.39 is 29.4 Å². The number of nitrogens with one attached hydrogen (secondary N) is 1. The number of esters is 3. The lowest BCUT2D eigenvalue weighted by Crippen LogP contribution is -2.57. The number of carboxylic acid groups (broad SMARTS) is 1. The van der Waals surface area contributed by atoms with Gasteiger partial charge in [0.1, 0.15) is 25.4 Å². The zero-order valence-corrected chi connectivity index (χ0v) is 44.4. The normalized spacial score (nSPS) is 12.6. The number of allylic oxidation sites excluding steroid dienone is 18. The van der Waals surface area contributed by atoms with Gasteiger partial charge in [-0.1, -0.05) is 188 Å². The Bertz CT molecular complexity index is 1380. The Morgan fingerprint density at radius 2 is 0.614 bits per heavy atom. The summed E-state index contributed by atoms with van der Waals surface area (Å²) in [5.41, 5.74) is -1.29.